The van der Waals surface area contributed by atoms with Gasteiger partial charge in [-0.05, 0) is 24.3 Å². The summed E-state index contributed by atoms with van der Waals surface area (Å²) in [5.74, 6) is -1.46. The predicted molar refractivity (Wildman–Crippen MR) is 47.3 cm³/mol. The molecule has 13 heavy (non-hydrogen) atoms. The highest BCUT2D eigenvalue weighted by atomic mass is 79.9. The number of rotatable bonds is 3. The van der Waals surface area contributed by atoms with Crippen LogP contribution in [-0.2, 0) is 4.79 Å². The van der Waals surface area contributed by atoms with Crippen LogP contribution in [0.2, 0.25) is 0 Å². The van der Waals surface area contributed by atoms with E-state index in [9.17, 15) is 9.18 Å². The minimum absolute atomic E-state index is 0.179. The summed E-state index contributed by atoms with van der Waals surface area (Å²) in [5, 5.41) is 8.19. The molecule has 1 N–H and O–H groups in total. The summed E-state index contributed by atoms with van der Waals surface area (Å²) in [5.41, 5.74) is 0. The Kier molecular flexibility index (Phi) is 3.25. The van der Waals surface area contributed by atoms with Crippen molar-refractivity contribution in [3.8, 4) is 5.75 Å². The number of hydrogen-bond donors (Lipinski definition) is 1. The summed E-state index contributed by atoms with van der Waals surface area (Å²) in [6.45, 7) is 0. The van der Waals surface area contributed by atoms with Crippen LogP contribution in [0.15, 0.2) is 28.7 Å². The molecular formula is C8H6BrFO3. The van der Waals surface area contributed by atoms with E-state index in [1.54, 1.807) is 12.1 Å². The first-order chi connectivity index (χ1) is 6.09. The highest BCUT2D eigenvalue weighted by Gasteiger charge is 2.16. The number of alkyl halides is 1. The summed E-state index contributed by atoms with van der Waals surface area (Å²) < 4.78 is 17.7. The minimum Gasteiger partial charge on any atom is -0.476 e. The molecular weight excluding hydrogens is 243 g/mol. The summed E-state index contributed by atoms with van der Waals surface area (Å²) in [7, 11) is 0. The number of ether oxygens (including phenoxy) is 1. The maximum absolute atomic E-state index is 12.5. The summed E-state index contributed by atoms with van der Waals surface area (Å²) in [6.07, 6.45) is -2.32. The topological polar surface area (TPSA) is 46.5 Å². The largest absolute Gasteiger partial charge is 0.476 e. The number of halogens is 2. The van der Waals surface area contributed by atoms with Gasteiger partial charge in [-0.2, -0.15) is 4.39 Å². The third kappa shape index (κ3) is 3.02. The van der Waals surface area contributed by atoms with Crippen molar-refractivity contribution in [2.45, 2.75) is 6.36 Å². The van der Waals surface area contributed by atoms with Gasteiger partial charge in [-0.15, -0.1) is 0 Å². The quantitative estimate of drug-likeness (QED) is 0.893. The van der Waals surface area contributed by atoms with E-state index in [1.165, 1.54) is 12.1 Å². The van der Waals surface area contributed by atoms with Crippen molar-refractivity contribution < 1.29 is 19.0 Å². The van der Waals surface area contributed by atoms with Gasteiger partial charge < -0.3 is 9.84 Å². The van der Waals surface area contributed by atoms with Gasteiger partial charge in [0, 0.05) is 4.47 Å². The number of aliphatic carboxylic acids is 1. The van der Waals surface area contributed by atoms with E-state index in [2.05, 4.69) is 20.7 Å². The van der Waals surface area contributed by atoms with Crippen molar-refractivity contribution in [1.29, 1.82) is 0 Å². The lowest BCUT2D eigenvalue weighted by molar-refractivity contribution is -0.153. The highest BCUT2D eigenvalue weighted by Crippen LogP contribution is 2.17. The second kappa shape index (κ2) is 4.23. The molecule has 1 unspecified atom stereocenters. The van der Waals surface area contributed by atoms with Crippen LogP contribution in [0.5, 0.6) is 5.75 Å². The molecule has 0 spiro atoms. The van der Waals surface area contributed by atoms with Crippen LogP contribution in [0.3, 0.4) is 0 Å². The van der Waals surface area contributed by atoms with Crippen molar-refractivity contribution in [1.82, 2.24) is 0 Å². The molecule has 5 heteroatoms. The van der Waals surface area contributed by atoms with Gasteiger partial charge in [0.05, 0.1) is 0 Å². The molecule has 1 atom stereocenters. The molecule has 0 saturated heterocycles. The fraction of sp³-hybridized carbons (Fsp3) is 0.125. The van der Waals surface area contributed by atoms with Gasteiger partial charge in [-0.25, -0.2) is 4.79 Å². The highest BCUT2D eigenvalue weighted by molar-refractivity contribution is 9.10. The Morgan fingerprint density at radius 2 is 2.00 bits per heavy atom. The number of carbonyl (C=O) groups is 1. The Morgan fingerprint density at radius 1 is 1.46 bits per heavy atom. The van der Waals surface area contributed by atoms with Crippen LogP contribution in [0.25, 0.3) is 0 Å². The van der Waals surface area contributed by atoms with Crippen molar-refractivity contribution in [2.24, 2.45) is 0 Å². The number of hydrogen-bond acceptors (Lipinski definition) is 2. The zero-order chi connectivity index (χ0) is 9.84. The van der Waals surface area contributed by atoms with Crippen molar-refractivity contribution >= 4 is 21.9 Å². The first kappa shape index (κ1) is 9.98. The minimum atomic E-state index is -2.32. The number of carboxylic acids is 1. The van der Waals surface area contributed by atoms with Crippen LogP contribution in [0, 0.1) is 0 Å². The average Bonchev–Trinajstić information content (AvgIpc) is 2.08. The molecule has 0 amide bonds. The van der Waals surface area contributed by atoms with Crippen LogP contribution in [0.1, 0.15) is 0 Å². The maximum atomic E-state index is 12.5. The monoisotopic (exact) mass is 248 g/mol. The van der Waals surface area contributed by atoms with Crippen molar-refractivity contribution in [2.75, 3.05) is 0 Å². The first-order valence-electron chi connectivity index (χ1n) is 3.38. The molecule has 1 aromatic rings. The molecule has 1 aromatic carbocycles. The Labute approximate surface area is 82.3 Å². The second-order valence-electron chi connectivity index (χ2n) is 2.23. The van der Waals surface area contributed by atoms with Crippen LogP contribution >= 0.6 is 15.9 Å². The van der Waals surface area contributed by atoms with Crippen LogP contribution in [-0.4, -0.2) is 17.4 Å². The standard InChI is InChI=1S/C8H6BrFO3/c9-5-1-3-6(4-2-5)13-7(10)8(11)12/h1-4,7H,(H,11,12). The summed E-state index contributed by atoms with van der Waals surface area (Å²) in [4.78, 5) is 10.1. The van der Waals surface area contributed by atoms with Crippen molar-refractivity contribution in [3.05, 3.63) is 28.7 Å². The van der Waals surface area contributed by atoms with E-state index < -0.39 is 12.3 Å². The van der Waals surface area contributed by atoms with Gasteiger partial charge in [0.2, 0.25) is 0 Å². The third-order valence-electron chi connectivity index (χ3n) is 1.25. The fourth-order valence-corrected chi connectivity index (χ4v) is 0.947. The molecule has 0 heterocycles. The summed E-state index contributed by atoms with van der Waals surface area (Å²) in [6, 6.07) is 6.20. The Balaban J connectivity index is 2.64. The third-order valence-corrected chi connectivity index (χ3v) is 1.78. The van der Waals surface area contributed by atoms with Gasteiger partial charge in [0.1, 0.15) is 5.75 Å². The van der Waals surface area contributed by atoms with E-state index in [1.807, 2.05) is 0 Å². The fourth-order valence-electron chi connectivity index (χ4n) is 0.683. The lowest BCUT2D eigenvalue weighted by Crippen LogP contribution is -2.21. The second-order valence-corrected chi connectivity index (χ2v) is 3.14. The Morgan fingerprint density at radius 3 is 2.46 bits per heavy atom. The molecule has 0 saturated carbocycles. The van der Waals surface area contributed by atoms with Gasteiger partial charge in [0.25, 0.3) is 0 Å². The zero-order valence-corrected chi connectivity index (χ0v) is 7.99. The smallest absolute Gasteiger partial charge is 0.378 e. The molecule has 0 radical (unpaired) electrons. The molecule has 3 nitrogen and oxygen atoms in total. The van der Waals surface area contributed by atoms with E-state index in [4.69, 9.17) is 5.11 Å². The van der Waals surface area contributed by atoms with Gasteiger partial charge in [0.15, 0.2) is 0 Å². The Bertz CT molecular complexity index is 299. The lowest BCUT2D eigenvalue weighted by Gasteiger charge is -2.06. The SMILES string of the molecule is O=C(O)C(F)Oc1ccc(Br)cc1. The molecule has 0 bridgehead atoms. The van der Waals surface area contributed by atoms with Crippen molar-refractivity contribution in [3.63, 3.8) is 0 Å². The zero-order valence-electron chi connectivity index (χ0n) is 6.41. The van der Waals surface area contributed by atoms with Gasteiger partial charge in [-0.1, -0.05) is 15.9 Å². The molecule has 1 rings (SSSR count). The molecule has 70 valence electrons. The van der Waals surface area contributed by atoms with E-state index >= 15 is 0 Å². The molecule has 0 aromatic heterocycles. The predicted octanol–water partition coefficient (Wildman–Crippen LogP) is 2.21. The maximum Gasteiger partial charge on any atom is 0.378 e. The van der Waals surface area contributed by atoms with Crippen LogP contribution < -0.4 is 4.74 Å². The average molecular weight is 249 g/mol. The summed E-state index contributed by atoms with van der Waals surface area (Å²) >= 11 is 3.17. The normalized spacial score (nSPS) is 12.2. The van der Waals surface area contributed by atoms with E-state index in [-0.39, 0.29) is 5.75 Å². The lowest BCUT2D eigenvalue weighted by atomic mass is 10.3. The van der Waals surface area contributed by atoms with E-state index in [0.717, 1.165) is 4.47 Å². The van der Waals surface area contributed by atoms with Gasteiger partial charge >= 0.3 is 12.3 Å². The van der Waals surface area contributed by atoms with Gasteiger partial charge in [-0.3, -0.25) is 0 Å². The Hall–Kier alpha value is -1.10. The molecule has 0 aliphatic heterocycles. The molecule has 0 aliphatic carbocycles. The number of benzene rings is 1. The number of carboxylic acid groups (broad SMARTS) is 1. The van der Waals surface area contributed by atoms with E-state index in [0.29, 0.717) is 0 Å². The first-order valence-corrected chi connectivity index (χ1v) is 4.18. The molecule has 0 fully saturated rings. The van der Waals surface area contributed by atoms with Crippen LogP contribution in [0.4, 0.5) is 4.39 Å². The molecule has 0 aliphatic rings.